The Labute approximate surface area is 146 Å². The van der Waals surface area contributed by atoms with E-state index in [9.17, 15) is 9.18 Å². The highest BCUT2D eigenvalue weighted by Gasteiger charge is 2.17. The number of rotatable bonds is 5. The molecule has 2 aromatic carbocycles. The third-order valence-corrected chi connectivity index (χ3v) is 4.14. The zero-order valence-corrected chi connectivity index (χ0v) is 14.3. The summed E-state index contributed by atoms with van der Waals surface area (Å²) in [5, 5.41) is 7.22. The number of nitrogens with one attached hydrogen (secondary N) is 1. The van der Waals surface area contributed by atoms with Crippen LogP contribution < -0.4 is 5.32 Å². The van der Waals surface area contributed by atoms with E-state index in [4.69, 9.17) is 0 Å². The van der Waals surface area contributed by atoms with Crippen molar-refractivity contribution in [2.75, 3.05) is 5.32 Å². The van der Waals surface area contributed by atoms with Gasteiger partial charge < -0.3 is 5.32 Å². The number of nitrogens with zero attached hydrogens (tertiary/aromatic N) is 2. The first-order valence-corrected chi connectivity index (χ1v) is 8.35. The molecule has 1 heterocycles. The number of aryl methyl sites for hydroxylation is 1. The zero-order chi connectivity index (χ0) is 17.8. The normalized spacial score (nSPS) is 10.7. The summed E-state index contributed by atoms with van der Waals surface area (Å²) in [7, 11) is 0. The molecule has 0 fully saturated rings. The van der Waals surface area contributed by atoms with Crippen LogP contribution >= 0.6 is 0 Å². The quantitative estimate of drug-likeness (QED) is 0.750. The molecule has 5 heteroatoms. The van der Waals surface area contributed by atoms with Crippen LogP contribution in [0.5, 0.6) is 0 Å². The van der Waals surface area contributed by atoms with Gasteiger partial charge in [0, 0.05) is 5.69 Å². The van der Waals surface area contributed by atoms with Crippen molar-refractivity contribution in [3.8, 4) is 5.69 Å². The van der Waals surface area contributed by atoms with Gasteiger partial charge in [0.15, 0.2) is 0 Å². The van der Waals surface area contributed by atoms with Gasteiger partial charge in [-0.05, 0) is 54.8 Å². The number of hydrogen-bond donors (Lipinski definition) is 1. The first-order chi connectivity index (χ1) is 12.1. The van der Waals surface area contributed by atoms with Crippen LogP contribution in [0.1, 0.15) is 35.5 Å². The molecule has 1 amide bonds. The number of amides is 1. The summed E-state index contributed by atoms with van der Waals surface area (Å²) in [5.74, 6) is -0.503. The molecular weight excluding hydrogens is 317 g/mol. The van der Waals surface area contributed by atoms with Gasteiger partial charge in [-0.1, -0.05) is 26.0 Å². The summed E-state index contributed by atoms with van der Waals surface area (Å²) in [6, 6.07) is 13.8. The smallest absolute Gasteiger partial charge is 0.259 e. The van der Waals surface area contributed by atoms with Crippen LogP contribution in [0.2, 0.25) is 0 Å². The average molecular weight is 337 g/mol. The van der Waals surface area contributed by atoms with Crippen LogP contribution in [-0.4, -0.2) is 15.7 Å². The Morgan fingerprint density at radius 1 is 1.04 bits per heavy atom. The van der Waals surface area contributed by atoms with Gasteiger partial charge in [-0.2, -0.15) is 5.10 Å². The molecule has 1 aromatic heterocycles. The SMILES string of the molecule is CCc1ccc(NC(=O)c2cnn(-c3ccc(F)cc3)c2CC)cc1. The number of benzene rings is 2. The average Bonchev–Trinajstić information content (AvgIpc) is 3.07. The molecular formula is C20H20FN3O. The van der Waals surface area contributed by atoms with E-state index in [1.54, 1.807) is 23.0 Å². The second-order valence-electron chi connectivity index (χ2n) is 5.75. The molecule has 3 rings (SSSR count). The first-order valence-electron chi connectivity index (χ1n) is 8.35. The lowest BCUT2D eigenvalue weighted by Gasteiger charge is -2.09. The minimum Gasteiger partial charge on any atom is -0.322 e. The van der Waals surface area contributed by atoms with E-state index in [-0.39, 0.29) is 11.7 Å². The number of hydrogen-bond acceptors (Lipinski definition) is 2. The predicted octanol–water partition coefficient (Wildman–Crippen LogP) is 4.39. The number of carbonyl (C=O) groups is 1. The maximum atomic E-state index is 13.1. The van der Waals surface area contributed by atoms with Crippen LogP contribution in [0, 0.1) is 5.82 Å². The van der Waals surface area contributed by atoms with E-state index in [0.717, 1.165) is 23.5 Å². The van der Waals surface area contributed by atoms with Crippen molar-refractivity contribution in [1.29, 1.82) is 0 Å². The van der Waals surface area contributed by atoms with Crippen molar-refractivity contribution in [2.45, 2.75) is 26.7 Å². The maximum Gasteiger partial charge on any atom is 0.259 e. The molecule has 0 atom stereocenters. The topological polar surface area (TPSA) is 46.9 Å². The van der Waals surface area contributed by atoms with Crippen LogP contribution in [0.15, 0.2) is 54.7 Å². The minimum absolute atomic E-state index is 0.200. The number of carbonyl (C=O) groups excluding carboxylic acids is 1. The summed E-state index contributed by atoms with van der Waals surface area (Å²) < 4.78 is 14.8. The Balaban J connectivity index is 1.86. The van der Waals surface area contributed by atoms with Gasteiger partial charge in [-0.3, -0.25) is 4.79 Å². The molecule has 3 aromatic rings. The van der Waals surface area contributed by atoms with Crippen LogP contribution in [0.25, 0.3) is 5.69 Å². The Bertz CT molecular complexity index is 867. The zero-order valence-electron chi connectivity index (χ0n) is 14.3. The molecule has 0 aliphatic rings. The molecule has 0 aliphatic carbocycles. The van der Waals surface area contributed by atoms with E-state index < -0.39 is 0 Å². The molecule has 0 saturated carbocycles. The third kappa shape index (κ3) is 3.60. The van der Waals surface area contributed by atoms with E-state index in [2.05, 4.69) is 17.3 Å². The first kappa shape index (κ1) is 16.9. The van der Waals surface area contributed by atoms with Gasteiger partial charge >= 0.3 is 0 Å². The van der Waals surface area contributed by atoms with Crippen molar-refractivity contribution >= 4 is 11.6 Å². The van der Waals surface area contributed by atoms with E-state index >= 15 is 0 Å². The summed E-state index contributed by atoms with van der Waals surface area (Å²) in [4.78, 5) is 12.6. The van der Waals surface area contributed by atoms with Crippen LogP contribution in [-0.2, 0) is 12.8 Å². The predicted molar refractivity (Wildman–Crippen MR) is 96.7 cm³/mol. The van der Waals surface area contributed by atoms with Crippen LogP contribution in [0.3, 0.4) is 0 Å². The summed E-state index contributed by atoms with van der Waals surface area (Å²) in [6.45, 7) is 4.05. The molecule has 0 spiro atoms. The highest BCUT2D eigenvalue weighted by molar-refractivity contribution is 6.05. The van der Waals surface area contributed by atoms with Gasteiger partial charge in [0.1, 0.15) is 5.82 Å². The van der Waals surface area contributed by atoms with Gasteiger partial charge in [0.2, 0.25) is 0 Å². The Hall–Kier alpha value is -2.95. The van der Waals surface area contributed by atoms with Gasteiger partial charge in [-0.25, -0.2) is 9.07 Å². The molecule has 128 valence electrons. The Morgan fingerprint density at radius 2 is 1.72 bits per heavy atom. The standard InChI is InChI=1S/C20H20FN3O/c1-3-14-5-9-16(10-6-14)23-20(25)18-13-22-24(19(18)4-2)17-11-7-15(21)8-12-17/h5-13H,3-4H2,1-2H3,(H,23,25). The van der Waals surface area contributed by atoms with Crippen molar-refractivity contribution < 1.29 is 9.18 Å². The van der Waals surface area contributed by atoms with Crippen molar-refractivity contribution in [1.82, 2.24) is 9.78 Å². The molecule has 0 radical (unpaired) electrons. The maximum absolute atomic E-state index is 13.1. The fourth-order valence-corrected chi connectivity index (χ4v) is 2.73. The van der Waals surface area contributed by atoms with E-state index in [1.165, 1.54) is 17.7 Å². The van der Waals surface area contributed by atoms with Crippen molar-refractivity contribution in [3.63, 3.8) is 0 Å². The largest absolute Gasteiger partial charge is 0.322 e. The monoisotopic (exact) mass is 337 g/mol. The lowest BCUT2D eigenvalue weighted by atomic mass is 10.1. The van der Waals surface area contributed by atoms with E-state index in [0.29, 0.717) is 12.0 Å². The molecule has 0 saturated heterocycles. The fraction of sp³-hybridized carbons (Fsp3) is 0.200. The van der Waals surface area contributed by atoms with Gasteiger partial charge in [0.25, 0.3) is 5.91 Å². The molecule has 0 bridgehead atoms. The second-order valence-corrected chi connectivity index (χ2v) is 5.75. The van der Waals surface area contributed by atoms with Crippen LogP contribution in [0.4, 0.5) is 10.1 Å². The fourth-order valence-electron chi connectivity index (χ4n) is 2.73. The number of anilines is 1. The molecule has 25 heavy (non-hydrogen) atoms. The lowest BCUT2D eigenvalue weighted by Crippen LogP contribution is -2.14. The number of aromatic nitrogens is 2. The number of halogens is 1. The summed E-state index contributed by atoms with van der Waals surface area (Å²) in [5.41, 5.74) is 4.00. The second kappa shape index (κ2) is 7.30. The molecule has 1 N–H and O–H groups in total. The lowest BCUT2D eigenvalue weighted by molar-refractivity contribution is 0.102. The van der Waals surface area contributed by atoms with Gasteiger partial charge in [-0.15, -0.1) is 0 Å². The van der Waals surface area contributed by atoms with Gasteiger partial charge in [0.05, 0.1) is 23.1 Å². The highest BCUT2D eigenvalue weighted by atomic mass is 19.1. The third-order valence-electron chi connectivity index (χ3n) is 4.14. The molecule has 0 unspecified atom stereocenters. The van der Waals surface area contributed by atoms with Crippen molar-refractivity contribution in [2.24, 2.45) is 0 Å². The minimum atomic E-state index is -0.303. The molecule has 0 aliphatic heterocycles. The summed E-state index contributed by atoms with van der Waals surface area (Å²) >= 11 is 0. The van der Waals surface area contributed by atoms with E-state index in [1.807, 2.05) is 31.2 Å². The Morgan fingerprint density at radius 3 is 2.32 bits per heavy atom. The highest BCUT2D eigenvalue weighted by Crippen LogP contribution is 2.18. The Kier molecular flexibility index (Phi) is 4.93. The van der Waals surface area contributed by atoms with Crippen molar-refractivity contribution in [3.05, 3.63) is 77.4 Å². The molecule has 4 nitrogen and oxygen atoms in total. The summed E-state index contributed by atoms with van der Waals surface area (Å²) in [6.07, 6.45) is 3.14.